The van der Waals surface area contributed by atoms with Crippen LogP contribution in [0.25, 0.3) is 0 Å². The molecule has 0 aliphatic carbocycles. The van der Waals surface area contributed by atoms with Gasteiger partial charge in [-0.15, -0.1) is 0 Å². The lowest BCUT2D eigenvalue weighted by atomic mass is 10.1. The van der Waals surface area contributed by atoms with Crippen molar-refractivity contribution in [2.24, 2.45) is 0 Å². The zero-order chi connectivity index (χ0) is 13.0. The van der Waals surface area contributed by atoms with Gasteiger partial charge >= 0.3 is 0 Å². The third-order valence-corrected chi connectivity index (χ3v) is 3.00. The average Bonchev–Trinajstić information content (AvgIpc) is 2.39. The van der Waals surface area contributed by atoms with Gasteiger partial charge in [0, 0.05) is 0 Å². The summed E-state index contributed by atoms with van der Waals surface area (Å²) in [6.07, 6.45) is 0.989. The Morgan fingerprint density at radius 2 is 1.67 bits per heavy atom. The molecule has 2 heteroatoms. The number of rotatable bonds is 4. The minimum Gasteiger partial charge on any atom is -0.487 e. The summed E-state index contributed by atoms with van der Waals surface area (Å²) in [4.78, 5) is 0. The molecule has 0 fully saturated rings. The molecule has 2 N–H and O–H groups in total. The van der Waals surface area contributed by atoms with Crippen molar-refractivity contribution < 1.29 is 4.74 Å². The van der Waals surface area contributed by atoms with E-state index in [-0.39, 0.29) is 0 Å². The van der Waals surface area contributed by atoms with Crippen LogP contribution >= 0.6 is 0 Å². The first kappa shape index (κ1) is 12.5. The van der Waals surface area contributed by atoms with Gasteiger partial charge in [-0.05, 0) is 36.6 Å². The Morgan fingerprint density at radius 1 is 1.00 bits per heavy atom. The minimum absolute atomic E-state index is 0.552. The second-order valence-electron chi connectivity index (χ2n) is 4.50. The van der Waals surface area contributed by atoms with Gasteiger partial charge in [-0.3, -0.25) is 0 Å². The van der Waals surface area contributed by atoms with E-state index in [1.165, 1.54) is 11.1 Å². The maximum absolute atomic E-state index is 5.96. The van der Waals surface area contributed by atoms with E-state index >= 15 is 0 Å². The molecule has 0 spiro atoms. The minimum atomic E-state index is 0.552. The number of nitrogens with two attached hydrogens (primary N) is 1. The molecule has 2 nitrogen and oxygen atoms in total. The molecular formula is C16H19NO. The Morgan fingerprint density at radius 3 is 2.28 bits per heavy atom. The molecule has 0 unspecified atom stereocenters. The lowest BCUT2D eigenvalue weighted by Gasteiger charge is -2.10. The first-order chi connectivity index (χ1) is 8.69. The fourth-order valence-electron chi connectivity index (χ4n) is 1.79. The van der Waals surface area contributed by atoms with E-state index in [4.69, 9.17) is 10.5 Å². The SMILES string of the molecule is CCc1ccc(OCc2ccc(C)cc2)c(N)c1. The Bertz CT molecular complexity index is 517. The van der Waals surface area contributed by atoms with Gasteiger partial charge in [0.15, 0.2) is 0 Å². The molecule has 0 atom stereocenters. The van der Waals surface area contributed by atoms with Crippen molar-refractivity contribution in [1.29, 1.82) is 0 Å². The van der Waals surface area contributed by atoms with E-state index in [2.05, 4.69) is 44.2 Å². The fraction of sp³-hybridized carbons (Fsp3) is 0.250. The molecule has 0 aliphatic rings. The topological polar surface area (TPSA) is 35.2 Å². The van der Waals surface area contributed by atoms with Gasteiger partial charge in [-0.25, -0.2) is 0 Å². The molecule has 0 saturated carbocycles. The van der Waals surface area contributed by atoms with Crippen LogP contribution in [-0.2, 0) is 13.0 Å². The molecule has 0 amide bonds. The van der Waals surface area contributed by atoms with Crippen molar-refractivity contribution in [2.45, 2.75) is 26.9 Å². The molecule has 0 aromatic heterocycles. The van der Waals surface area contributed by atoms with Crippen LogP contribution in [0.3, 0.4) is 0 Å². The summed E-state index contributed by atoms with van der Waals surface area (Å²) in [6, 6.07) is 14.3. The number of ether oxygens (including phenoxy) is 1. The highest BCUT2D eigenvalue weighted by Crippen LogP contribution is 2.23. The van der Waals surface area contributed by atoms with Crippen LogP contribution in [0.4, 0.5) is 5.69 Å². The summed E-state index contributed by atoms with van der Waals surface area (Å²) in [5.41, 5.74) is 10.3. The van der Waals surface area contributed by atoms with Gasteiger partial charge < -0.3 is 10.5 Å². The lowest BCUT2D eigenvalue weighted by Crippen LogP contribution is -1.99. The molecule has 94 valence electrons. The molecule has 18 heavy (non-hydrogen) atoms. The van der Waals surface area contributed by atoms with E-state index in [9.17, 15) is 0 Å². The Hall–Kier alpha value is -1.96. The number of benzene rings is 2. The quantitative estimate of drug-likeness (QED) is 0.828. The van der Waals surface area contributed by atoms with Crippen LogP contribution in [-0.4, -0.2) is 0 Å². The van der Waals surface area contributed by atoms with Crippen molar-refractivity contribution in [3.63, 3.8) is 0 Å². The van der Waals surface area contributed by atoms with Crippen LogP contribution in [0, 0.1) is 6.92 Å². The number of hydrogen-bond donors (Lipinski definition) is 1. The summed E-state index contributed by atoms with van der Waals surface area (Å²) in [5.74, 6) is 0.757. The van der Waals surface area contributed by atoms with E-state index in [1.807, 2.05) is 12.1 Å². The zero-order valence-corrected chi connectivity index (χ0v) is 10.9. The molecule has 0 bridgehead atoms. The summed E-state index contributed by atoms with van der Waals surface area (Å²) in [5, 5.41) is 0. The Balaban J connectivity index is 2.04. The van der Waals surface area contributed by atoms with Crippen molar-refractivity contribution in [3.05, 3.63) is 59.2 Å². The Labute approximate surface area is 108 Å². The summed E-state index contributed by atoms with van der Waals surface area (Å²) >= 11 is 0. The molecule has 0 aliphatic heterocycles. The van der Waals surface area contributed by atoms with E-state index in [0.717, 1.165) is 17.7 Å². The number of aryl methyl sites for hydroxylation is 2. The lowest BCUT2D eigenvalue weighted by molar-refractivity contribution is 0.308. The fourth-order valence-corrected chi connectivity index (χ4v) is 1.79. The second-order valence-corrected chi connectivity index (χ2v) is 4.50. The first-order valence-corrected chi connectivity index (χ1v) is 6.26. The molecule has 0 radical (unpaired) electrons. The normalized spacial score (nSPS) is 10.3. The van der Waals surface area contributed by atoms with Crippen LogP contribution < -0.4 is 10.5 Å². The monoisotopic (exact) mass is 241 g/mol. The molecule has 0 saturated heterocycles. The highest BCUT2D eigenvalue weighted by Gasteiger charge is 2.02. The zero-order valence-electron chi connectivity index (χ0n) is 10.9. The molecule has 2 aromatic carbocycles. The molecule has 2 rings (SSSR count). The van der Waals surface area contributed by atoms with Crippen LogP contribution in [0.1, 0.15) is 23.6 Å². The predicted octanol–water partition coefficient (Wildman–Crippen LogP) is 3.72. The van der Waals surface area contributed by atoms with Crippen molar-refractivity contribution in [3.8, 4) is 5.75 Å². The van der Waals surface area contributed by atoms with E-state index in [0.29, 0.717) is 12.3 Å². The van der Waals surface area contributed by atoms with Crippen molar-refractivity contribution in [2.75, 3.05) is 5.73 Å². The maximum atomic E-state index is 5.96. The van der Waals surface area contributed by atoms with Crippen LogP contribution in [0.5, 0.6) is 5.75 Å². The number of nitrogen functional groups attached to an aromatic ring is 1. The highest BCUT2D eigenvalue weighted by atomic mass is 16.5. The second kappa shape index (κ2) is 5.58. The third-order valence-electron chi connectivity index (χ3n) is 3.00. The molecule has 0 heterocycles. The van der Waals surface area contributed by atoms with Gasteiger partial charge in [0.2, 0.25) is 0 Å². The molecule has 2 aromatic rings. The van der Waals surface area contributed by atoms with Gasteiger partial charge in [-0.2, -0.15) is 0 Å². The van der Waals surface area contributed by atoms with E-state index in [1.54, 1.807) is 0 Å². The number of hydrogen-bond acceptors (Lipinski definition) is 2. The average molecular weight is 241 g/mol. The maximum Gasteiger partial charge on any atom is 0.142 e. The Kier molecular flexibility index (Phi) is 3.88. The first-order valence-electron chi connectivity index (χ1n) is 6.26. The predicted molar refractivity (Wildman–Crippen MR) is 75.7 cm³/mol. The summed E-state index contributed by atoms with van der Waals surface area (Å²) in [7, 11) is 0. The summed E-state index contributed by atoms with van der Waals surface area (Å²) in [6.45, 7) is 4.74. The van der Waals surface area contributed by atoms with Gasteiger partial charge in [0.25, 0.3) is 0 Å². The highest BCUT2D eigenvalue weighted by molar-refractivity contribution is 5.54. The van der Waals surface area contributed by atoms with Crippen LogP contribution in [0.2, 0.25) is 0 Å². The van der Waals surface area contributed by atoms with Gasteiger partial charge in [-0.1, -0.05) is 42.8 Å². The van der Waals surface area contributed by atoms with Gasteiger partial charge in [0.05, 0.1) is 5.69 Å². The molecular weight excluding hydrogens is 222 g/mol. The largest absolute Gasteiger partial charge is 0.487 e. The van der Waals surface area contributed by atoms with Gasteiger partial charge in [0.1, 0.15) is 12.4 Å². The standard InChI is InChI=1S/C16H19NO/c1-3-13-8-9-16(15(17)10-13)18-11-14-6-4-12(2)5-7-14/h4-10H,3,11,17H2,1-2H3. The van der Waals surface area contributed by atoms with Crippen molar-refractivity contribution >= 4 is 5.69 Å². The number of anilines is 1. The third kappa shape index (κ3) is 3.04. The summed E-state index contributed by atoms with van der Waals surface area (Å²) < 4.78 is 5.74. The van der Waals surface area contributed by atoms with Crippen LogP contribution in [0.15, 0.2) is 42.5 Å². The van der Waals surface area contributed by atoms with Crippen molar-refractivity contribution in [1.82, 2.24) is 0 Å². The smallest absolute Gasteiger partial charge is 0.142 e. The van der Waals surface area contributed by atoms with E-state index < -0.39 is 0 Å².